The third kappa shape index (κ3) is 2.85. The minimum Gasteiger partial charge on any atom is -0.351 e. The van der Waals surface area contributed by atoms with Crippen molar-refractivity contribution in [3.63, 3.8) is 0 Å². The predicted octanol–water partition coefficient (Wildman–Crippen LogP) is 2.68. The quantitative estimate of drug-likeness (QED) is 0.825. The first-order valence-electron chi connectivity index (χ1n) is 6.27. The largest absolute Gasteiger partial charge is 0.351 e. The van der Waals surface area contributed by atoms with E-state index in [0.29, 0.717) is 16.0 Å². The number of nitrogens with zero attached hydrogens (tertiary/aromatic N) is 1. The van der Waals surface area contributed by atoms with E-state index in [4.69, 9.17) is 0 Å². The normalized spacial score (nSPS) is 22.5. The molecule has 1 aliphatic heterocycles. The summed E-state index contributed by atoms with van der Waals surface area (Å²) in [7, 11) is 0. The van der Waals surface area contributed by atoms with E-state index in [1.165, 1.54) is 6.07 Å². The van der Waals surface area contributed by atoms with Gasteiger partial charge in [0.05, 0.1) is 4.47 Å². The van der Waals surface area contributed by atoms with Crippen molar-refractivity contribution >= 4 is 27.8 Å². The van der Waals surface area contributed by atoms with Crippen LogP contribution in [0.5, 0.6) is 0 Å². The molecule has 6 heteroatoms. The van der Waals surface area contributed by atoms with Gasteiger partial charge in [0.15, 0.2) is 11.5 Å². The van der Waals surface area contributed by atoms with Crippen LogP contribution >= 0.6 is 15.9 Å². The Morgan fingerprint density at radius 1 is 1.40 bits per heavy atom. The number of carbonyl (C=O) groups is 1. The van der Waals surface area contributed by atoms with Crippen LogP contribution in [0.1, 0.15) is 33.3 Å². The lowest BCUT2D eigenvalue weighted by molar-refractivity contribution is -0.123. The van der Waals surface area contributed by atoms with Crippen LogP contribution in [-0.2, 0) is 10.3 Å². The maximum absolute atomic E-state index is 13.3. The SMILES string of the molecule is CC(C)(C)NC1=NC(C)(c2ccc(F)c(Br)c2)C(=O)N1. The Hall–Kier alpha value is -1.43. The van der Waals surface area contributed by atoms with Gasteiger partial charge in [0, 0.05) is 5.54 Å². The molecule has 0 saturated heterocycles. The topological polar surface area (TPSA) is 53.5 Å². The lowest BCUT2D eigenvalue weighted by Crippen LogP contribution is -2.47. The van der Waals surface area contributed by atoms with Crippen LogP contribution in [0.2, 0.25) is 0 Å². The van der Waals surface area contributed by atoms with E-state index in [0.717, 1.165) is 0 Å². The molecule has 0 aliphatic carbocycles. The van der Waals surface area contributed by atoms with Crippen LogP contribution in [0.25, 0.3) is 0 Å². The fourth-order valence-electron chi connectivity index (χ4n) is 1.94. The van der Waals surface area contributed by atoms with Gasteiger partial charge in [-0.05, 0) is 61.3 Å². The van der Waals surface area contributed by atoms with Gasteiger partial charge in [0.25, 0.3) is 5.91 Å². The Morgan fingerprint density at radius 2 is 2.05 bits per heavy atom. The summed E-state index contributed by atoms with van der Waals surface area (Å²) in [6, 6.07) is 4.48. The number of amides is 1. The lowest BCUT2D eigenvalue weighted by atomic mass is 9.93. The average molecular weight is 342 g/mol. The third-order valence-electron chi connectivity index (χ3n) is 2.98. The molecule has 2 N–H and O–H groups in total. The zero-order valence-electron chi connectivity index (χ0n) is 11.8. The fraction of sp³-hybridized carbons (Fsp3) is 0.429. The van der Waals surface area contributed by atoms with Gasteiger partial charge in [-0.25, -0.2) is 9.38 Å². The number of rotatable bonds is 1. The second-order valence-electron chi connectivity index (χ2n) is 5.99. The van der Waals surface area contributed by atoms with Crippen LogP contribution in [0.4, 0.5) is 4.39 Å². The van der Waals surface area contributed by atoms with E-state index in [1.807, 2.05) is 20.8 Å². The Kier molecular flexibility index (Phi) is 3.62. The molecular formula is C14H17BrFN3O. The molecule has 1 unspecified atom stereocenters. The van der Waals surface area contributed by atoms with E-state index in [2.05, 4.69) is 31.6 Å². The zero-order valence-corrected chi connectivity index (χ0v) is 13.4. The third-order valence-corrected chi connectivity index (χ3v) is 3.59. The predicted molar refractivity (Wildman–Crippen MR) is 79.9 cm³/mol. The smallest absolute Gasteiger partial charge is 0.259 e. The number of benzene rings is 1. The molecule has 1 aromatic rings. The van der Waals surface area contributed by atoms with Crippen molar-refractivity contribution < 1.29 is 9.18 Å². The zero-order chi connectivity index (χ0) is 15.1. The summed E-state index contributed by atoms with van der Waals surface area (Å²) in [6.07, 6.45) is 0. The summed E-state index contributed by atoms with van der Waals surface area (Å²) in [5.74, 6) is -0.166. The second-order valence-corrected chi connectivity index (χ2v) is 6.84. The number of aliphatic imine (C=N–C) groups is 1. The highest BCUT2D eigenvalue weighted by atomic mass is 79.9. The molecule has 0 spiro atoms. The van der Waals surface area contributed by atoms with E-state index >= 15 is 0 Å². The van der Waals surface area contributed by atoms with Crippen molar-refractivity contribution in [2.45, 2.75) is 38.8 Å². The highest BCUT2D eigenvalue weighted by Crippen LogP contribution is 2.31. The Labute approximate surface area is 126 Å². The molecular weight excluding hydrogens is 325 g/mol. The van der Waals surface area contributed by atoms with Crippen LogP contribution in [0, 0.1) is 5.82 Å². The van der Waals surface area contributed by atoms with Crippen molar-refractivity contribution in [1.29, 1.82) is 0 Å². The highest BCUT2D eigenvalue weighted by Gasteiger charge is 2.41. The molecule has 1 aliphatic rings. The summed E-state index contributed by atoms with van der Waals surface area (Å²) in [5, 5.41) is 5.86. The van der Waals surface area contributed by atoms with Gasteiger partial charge < -0.3 is 5.32 Å². The number of hydrogen-bond acceptors (Lipinski definition) is 3. The number of guanidine groups is 1. The van der Waals surface area contributed by atoms with Gasteiger partial charge in [-0.15, -0.1) is 0 Å². The number of nitrogens with one attached hydrogen (secondary N) is 2. The van der Waals surface area contributed by atoms with Crippen molar-refractivity contribution in [3.05, 3.63) is 34.1 Å². The maximum atomic E-state index is 13.3. The first kappa shape index (κ1) is 15.0. The van der Waals surface area contributed by atoms with Gasteiger partial charge in [-0.2, -0.15) is 0 Å². The first-order valence-corrected chi connectivity index (χ1v) is 7.06. The Balaban J connectivity index is 2.38. The lowest BCUT2D eigenvalue weighted by Gasteiger charge is -2.21. The number of carbonyl (C=O) groups excluding carboxylic acids is 1. The Morgan fingerprint density at radius 3 is 2.60 bits per heavy atom. The summed E-state index contributed by atoms with van der Waals surface area (Å²) in [5.41, 5.74) is -0.626. The van der Waals surface area contributed by atoms with Crippen LogP contribution in [-0.4, -0.2) is 17.4 Å². The molecule has 1 aromatic carbocycles. The minimum absolute atomic E-state index is 0.208. The number of hydrogen-bond donors (Lipinski definition) is 2. The summed E-state index contributed by atoms with van der Waals surface area (Å²) in [6.45, 7) is 7.64. The summed E-state index contributed by atoms with van der Waals surface area (Å²) < 4.78 is 13.6. The molecule has 0 radical (unpaired) electrons. The average Bonchev–Trinajstić information content (AvgIpc) is 2.56. The van der Waals surface area contributed by atoms with Crippen molar-refractivity contribution in [1.82, 2.24) is 10.6 Å². The van der Waals surface area contributed by atoms with Crippen molar-refractivity contribution in [2.75, 3.05) is 0 Å². The first-order chi connectivity index (χ1) is 9.12. The minimum atomic E-state index is -1.05. The van der Waals surface area contributed by atoms with Gasteiger partial charge in [-0.3, -0.25) is 10.1 Å². The standard InChI is InChI=1S/C14H17BrFN3O/c1-13(2,3)18-12-17-11(20)14(4,19-12)8-5-6-10(16)9(15)7-8/h5-7H,1-4H3,(H2,17,18,19,20). The molecule has 0 saturated carbocycles. The van der Waals surface area contributed by atoms with Crippen LogP contribution < -0.4 is 10.6 Å². The van der Waals surface area contributed by atoms with Crippen molar-refractivity contribution in [3.8, 4) is 0 Å². The molecule has 2 rings (SSSR count). The second kappa shape index (κ2) is 4.84. The van der Waals surface area contributed by atoms with Crippen molar-refractivity contribution in [2.24, 2.45) is 4.99 Å². The monoisotopic (exact) mass is 341 g/mol. The summed E-state index contributed by atoms with van der Waals surface area (Å²) in [4.78, 5) is 16.6. The Bertz CT molecular complexity index is 595. The molecule has 1 heterocycles. The van der Waals surface area contributed by atoms with E-state index in [1.54, 1.807) is 19.1 Å². The maximum Gasteiger partial charge on any atom is 0.259 e. The molecule has 108 valence electrons. The van der Waals surface area contributed by atoms with E-state index in [-0.39, 0.29) is 17.3 Å². The number of halogens is 2. The van der Waals surface area contributed by atoms with Crippen LogP contribution in [0.3, 0.4) is 0 Å². The molecule has 0 aromatic heterocycles. The van der Waals surface area contributed by atoms with Gasteiger partial charge in [0.2, 0.25) is 0 Å². The van der Waals surface area contributed by atoms with Gasteiger partial charge in [-0.1, -0.05) is 6.07 Å². The van der Waals surface area contributed by atoms with E-state index in [9.17, 15) is 9.18 Å². The van der Waals surface area contributed by atoms with E-state index < -0.39 is 5.54 Å². The van der Waals surface area contributed by atoms with Gasteiger partial charge in [0.1, 0.15) is 5.82 Å². The molecule has 1 atom stereocenters. The molecule has 0 bridgehead atoms. The molecule has 0 fully saturated rings. The summed E-state index contributed by atoms with van der Waals surface area (Å²) >= 11 is 3.13. The van der Waals surface area contributed by atoms with Crippen LogP contribution in [0.15, 0.2) is 27.7 Å². The highest BCUT2D eigenvalue weighted by molar-refractivity contribution is 9.10. The fourth-order valence-corrected chi connectivity index (χ4v) is 2.32. The molecule has 4 nitrogen and oxygen atoms in total. The van der Waals surface area contributed by atoms with Gasteiger partial charge >= 0.3 is 0 Å². The molecule has 1 amide bonds. The molecule has 20 heavy (non-hydrogen) atoms.